The van der Waals surface area contributed by atoms with Gasteiger partial charge in [-0.15, -0.1) is 0 Å². The van der Waals surface area contributed by atoms with Crippen molar-refractivity contribution in [2.75, 3.05) is 40.3 Å². The van der Waals surface area contributed by atoms with Gasteiger partial charge in [-0.05, 0) is 25.1 Å². The van der Waals surface area contributed by atoms with Gasteiger partial charge in [-0.25, -0.2) is 4.99 Å². The SMILES string of the molecule is CCNC(=NCC(=O)N(C)C)NCCNC(=O)c1ccc(Cl)c(Cl)c1. The summed E-state index contributed by atoms with van der Waals surface area (Å²) in [7, 11) is 3.35. The van der Waals surface area contributed by atoms with E-state index in [0.717, 1.165) is 0 Å². The van der Waals surface area contributed by atoms with Crippen molar-refractivity contribution in [3.8, 4) is 0 Å². The summed E-state index contributed by atoms with van der Waals surface area (Å²) in [6.45, 7) is 3.48. The van der Waals surface area contributed by atoms with E-state index in [4.69, 9.17) is 23.2 Å². The molecule has 0 atom stereocenters. The number of guanidine groups is 1. The van der Waals surface area contributed by atoms with Gasteiger partial charge in [-0.1, -0.05) is 23.2 Å². The van der Waals surface area contributed by atoms with Gasteiger partial charge in [0.25, 0.3) is 5.91 Å². The lowest BCUT2D eigenvalue weighted by Gasteiger charge is -2.13. The monoisotopic (exact) mass is 387 g/mol. The largest absolute Gasteiger partial charge is 0.357 e. The van der Waals surface area contributed by atoms with Crippen LogP contribution in [0.1, 0.15) is 17.3 Å². The van der Waals surface area contributed by atoms with Gasteiger partial charge in [0, 0.05) is 39.3 Å². The van der Waals surface area contributed by atoms with Crippen LogP contribution in [-0.2, 0) is 4.79 Å². The van der Waals surface area contributed by atoms with E-state index in [0.29, 0.717) is 41.2 Å². The molecule has 0 spiro atoms. The molecule has 0 unspecified atom stereocenters. The Labute approximate surface area is 157 Å². The maximum atomic E-state index is 12.0. The van der Waals surface area contributed by atoms with Gasteiger partial charge in [0.2, 0.25) is 5.91 Å². The minimum absolute atomic E-state index is 0.0535. The number of nitrogens with zero attached hydrogens (tertiary/aromatic N) is 2. The number of aliphatic imine (C=N–C) groups is 1. The van der Waals surface area contributed by atoms with Crippen molar-refractivity contribution in [1.82, 2.24) is 20.9 Å². The summed E-state index contributed by atoms with van der Waals surface area (Å²) >= 11 is 11.7. The Morgan fingerprint density at radius 1 is 1.08 bits per heavy atom. The van der Waals surface area contributed by atoms with Crippen molar-refractivity contribution in [2.45, 2.75) is 6.92 Å². The first-order chi connectivity index (χ1) is 11.8. The lowest BCUT2D eigenvalue weighted by Crippen LogP contribution is -2.42. The van der Waals surface area contributed by atoms with E-state index in [1.54, 1.807) is 26.2 Å². The van der Waals surface area contributed by atoms with Gasteiger partial charge in [-0.3, -0.25) is 9.59 Å². The van der Waals surface area contributed by atoms with Gasteiger partial charge in [0.05, 0.1) is 10.0 Å². The van der Waals surface area contributed by atoms with Crippen LogP contribution in [0.2, 0.25) is 10.0 Å². The highest BCUT2D eigenvalue weighted by molar-refractivity contribution is 6.42. The van der Waals surface area contributed by atoms with E-state index >= 15 is 0 Å². The Kier molecular flexibility index (Phi) is 9.08. The fourth-order valence-corrected chi connectivity index (χ4v) is 2.02. The number of amides is 2. The minimum Gasteiger partial charge on any atom is -0.357 e. The average molecular weight is 388 g/mol. The number of benzene rings is 1. The fraction of sp³-hybridized carbons (Fsp3) is 0.438. The Morgan fingerprint density at radius 3 is 2.36 bits per heavy atom. The second kappa shape index (κ2) is 10.8. The number of carbonyl (C=O) groups is 2. The van der Waals surface area contributed by atoms with Gasteiger partial charge in [0.1, 0.15) is 6.54 Å². The van der Waals surface area contributed by atoms with Crippen LogP contribution in [0.3, 0.4) is 0 Å². The standard InChI is InChI=1S/C16H23Cl2N5O2/c1-4-19-16(22-10-14(24)23(2)3)21-8-7-20-15(25)11-5-6-12(17)13(18)9-11/h5-6,9H,4,7-8,10H2,1-3H3,(H,20,25)(H2,19,21,22). The lowest BCUT2D eigenvalue weighted by atomic mass is 10.2. The Bertz CT molecular complexity index is 635. The molecular weight excluding hydrogens is 365 g/mol. The number of nitrogens with one attached hydrogen (secondary N) is 3. The van der Waals surface area contributed by atoms with E-state index in [1.165, 1.54) is 11.0 Å². The number of carbonyl (C=O) groups excluding carboxylic acids is 2. The maximum Gasteiger partial charge on any atom is 0.251 e. The molecule has 0 saturated heterocycles. The van der Waals surface area contributed by atoms with Crippen LogP contribution in [0.4, 0.5) is 0 Å². The number of likely N-dealkylation sites (N-methyl/N-ethyl adjacent to an activating group) is 1. The average Bonchev–Trinajstić information content (AvgIpc) is 2.58. The van der Waals surface area contributed by atoms with E-state index in [2.05, 4.69) is 20.9 Å². The first-order valence-corrected chi connectivity index (χ1v) is 8.56. The van der Waals surface area contributed by atoms with Crippen LogP contribution in [0.25, 0.3) is 0 Å². The molecule has 0 aromatic heterocycles. The third-order valence-electron chi connectivity index (χ3n) is 3.10. The molecule has 3 N–H and O–H groups in total. The Hall–Kier alpha value is -1.99. The van der Waals surface area contributed by atoms with Crippen LogP contribution in [0, 0.1) is 0 Å². The predicted octanol–water partition coefficient (Wildman–Crippen LogP) is 1.37. The third-order valence-corrected chi connectivity index (χ3v) is 3.84. The van der Waals surface area contributed by atoms with Crippen molar-refractivity contribution < 1.29 is 9.59 Å². The van der Waals surface area contributed by atoms with Gasteiger partial charge in [0.15, 0.2) is 5.96 Å². The third kappa shape index (κ3) is 7.62. The van der Waals surface area contributed by atoms with E-state index in [-0.39, 0.29) is 18.4 Å². The molecule has 0 aliphatic heterocycles. The second-order valence-electron chi connectivity index (χ2n) is 5.29. The molecule has 2 amide bonds. The zero-order chi connectivity index (χ0) is 18.8. The molecule has 0 aliphatic carbocycles. The summed E-state index contributed by atoms with van der Waals surface area (Å²) < 4.78 is 0. The molecule has 1 aromatic carbocycles. The highest BCUT2D eigenvalue weighted by Crippen LogP contribution is 2.22. The first-order valence-electron chi connectivity index (χ1n) is 7.80. The predicted molar refractivity (Wildman–Crippen MR) is 101 cm³/mol. The molecule has 138 valence electrons. The van der Waals surface area contributed by atoms with E-state index in [9.17, 15) is 9.59 Å². The van der Waals surface area contributed by atoms with Crippen LogP contribution in [0.5, 0.6) is 0 Å². The van der Waals surface area contributed by atoms with Crippen LogP contribution in [-0.4, -0.2) is 62.9 Å². The molecule has 1 rings (SSSR count). The zero-order valence-electron chi connectivity index (χ0n) is 14.5. The second-order valence-corrected chi connectivity index (χ2v) is 6.11. The Morgan fingerprint density at radius 2 is 1.76 bits per heavy atom. The summed E-state index contributed by atoms with van der Waals surface area (Å²) in [5.41, 5.74) is 0.437. The van der Waals surface area contributed by atoms with Crippen molar-refractivity contribution >= 4 is 41.0 Å². The van der Waals surface area contributed by atoms with Crippen molar-refractivity contribution in [3.63, 3.8) is 0 Å². The van der Waals surface area contributed by atoms with Crippen LogP contribution < -0.4 is 16.0 Å². The van der Waals surface area contributed by atoms with Crippen molar-refractivity contribution in [3.05, 3.63) is 33.8 Å². The summed E-state index contributed by atoms with van der Waals surface area (Å²) in [5.74, 6) is 0.178. The first kappa shape index (κ1) is 21.1. The molecule has 25 heavy (non-hydrogen) atoms. The molecule has 0 bridgehead atoms. The smallest absolute Gasteiger partial charge is 0.251 e. The maximum absolute atomic E-state index is 12.0. The summed E-state index contributed by atoms with van der Waals surface area (Å²) in [6, 6.07) is 4.70. The van der Waals surface area contributed by atoms with Crippen LogP contribution in [0.15, 0.2) is 23.2 Å². The van der Waals surface area contributed by atoms with Crippen LogP contribution >= 0.6 is 23.2 Å². The number of hydrogen-bond donors (Lipinski definition) is 3. The number of rotatable bonds is 7. The zero-order valence-corrected chi connectivity index (χ0v) is 16.0. The number of hydrogen-bond acceptors (Lipinski definition) is 3. The van der Waals surface area contributed by atoms with Gasteiger partial charge < -0.3 is 20.9 Å². The van der Waals surface area contributed by atoms with E-state index < -0.39 is 0 Å². The highest BCUT2D eigenvalue weighted by atomic mass is 35.5. The molecule has 0 saturated carbocycles. The normalized spacial score (nSPS) is 11.0. The summed E-state index contributed by atoms with van der Waals surface area (Å²) in [5, 5.41) is 9.58. The molecule has 0 heterocycles. The van der Waals surface area contributed by atoms with Gasteiger partial charge >= 0.3 is 0 Å². The van der Waals surface area contributed by atoms with Gasteiger partial charge in [-0.2, -0.15) is 0 Å². The van der Waals surface area contributed by atoms with Crippen molar-refractivity contribution in [1.29, 1.82) is 0 Å². The molecule has 0 radical (unpaired) electrons. The minimum atomic E-state index is -0.245. The highest BCUT2D eigenvalue weighted by Gasteiger charge is 2.08. The number of halogens is 2. The van der Waals surface area contributed by atoms with E-state index in [1.807, 2.05) is 6.92 Å². The summed E-state index contributed by atoms with van der Waals surface area (Å²) in [6.07, 6.45) is 0. The molecule has 7 nitrogen and oxygen atoms in total. The molecular formula is C16H23Cl2N5O2. The fourth-order valence-electron chi connectivity index (χ4n) is 1.73. The summed E-state index contributed by atoms with van der Waals surface area (Å²) in [4.78, 5) is 29.3. The topological polar surface area (TPSA) is 85.8 Å². The quantitative estimate of drug-likeness (QED) is 0.374. The molecule has 0 aliphatic rings. The lowest BCUT2D eigenvalue weighted by molar-refractivity contribution is -0.127. The molecule has 9 heteroatoms. The Balaban J connectivity index is 2.45. The molecule has 1 aromatic rings. The molecule has 0 fully saturated rings. The van der Waals surface area contributed by atoms with Crippen molar-refractivity contribution in [2.24, 2.45) is 4.99 Å².